The van der Waals surface area contributed by atoms with Gasteiger partial charge < -0.3 is 5.11 Å². The first-order valence-corrected chi connectivity index (χ1v) is 5.56. The number of halogens is 1. The lowest BCUT2D eigenvalue weighted by Crippen LogP contribution is -2.14. The van der Waals surface area contributed by atoms with Crippen LogP contribution in [0.2, 0.25) is 0 Å². The molecule has 2 rings (SSSR count). The number of thiophene rings is 1. The third-order valence-electron chi connectivity index (χ3n) is 2.73. The van der Waals surface area contributed by atoms with Gasteiger partial charge >= 0.3 is 0 Å². The van der Waals surface area contributed by atoms with Crippen molar-refractivity contribution in [2.24, 2.45) is 5.92 Å². The second-order valence-corrected chi connectivity index (χ2v) is 4.63. The van der Waals surface area contributed by atoms with Crippen LogP contribution in [0.3, 0.4) is 0 Å². The fourth-order valence-corrected chi connectivity index (χ4v) is 2.46. The second-order valence-electron chi connectivity index (χ2n) is 3.68. The normalized spacial score (nSPS) is 19.8. The van der Waals surface area contributed by atoms with E-state index in [1.807, 2.05) is 0 Å². The van der Waals surface area contributed by atoms with Crippen LogP contribution < -0.4 is 0 Å². The van der Waals surface area contributed by atoms with E-state index in [2.05, 4.69) is 0 Å². The molecule has 0 aliphatic heterocycles. The minimum absolute atomic E-state index is 0.253. The van der Waals surface area contributed by atoms with Crippen LogP contribution in [-0.4, -0.2) is 5.11 Å². The molecule has 1 N–H and O–H groups in total. The molecule has 1 saturated carbocycles. The van der Waals surface area contributed by atoms with Crippen molar-refractivity contribution in [1.29, 1.82) is 0 Å². The molecular formula is C10H13FOS. The highest BCUT2D eigenvalue weighted by atomic mass is 32.1. The topological polar surface area (TPSA) is 20.2 Å². The van der Waals surface area contributed by atoms with Crippen LogP contribution in [0.1, 0.15) is 36.7 Å². The first-order chi connectivity index (χ1) is 6.27. The minimum atomic E-state index is -0.578. The Kier molecular flexibility index (Phi) is 2.65. The summed E-state index contributed by atoms with van der Waals surface area (Å²) in [5, 5.41) is 11.4. The predicted octanol–water partition coefficient (Wildman–Crippen LogP) is 3.11. The first-order valence-electron chi connectivity index (χ1n) is 4.68. The highest BCUT2D eigenvalue weighted by Gasteiger charge is 2.23. The van der Waals surface area contributed by atoms with Crippen LogP contribution in [0.25, 0.3) is 0 Å². The molecule has 1 atom stereocenters. The molecular weight excluding hydrogens is 187 g/mol. The average molecular weight is 200 g/mol. The fourth-order valence-electron chi connectivity index (χ4n) is 1.69. The lowest BCUT2D eigenvalue weighted by atomic mass is 9.81. The van der Waals surface area contributed by atoms with Crippen molar-refractivity contribution in [3.63, 3.8) is 0 Å². The van der Waals surface area contributed by atoms with Gasteiger partial charge in [0.2, 0.25) is 0 Å². The number of aliphatic hydroxyl groups excluding tert-OH is 1. The quantitative estimate of drug-likeness (QED) is 0.794. The Morgan fingerprint density at radius 1 is 1.62 bits per heavy atom. The van der Waals surface area contributed by atoms with Crippen molar-refractivity contribution in [2.75, 3.05) is 0 Å². The van der Waals surface area contributed by atoms with Gasteiger partial charge in [-0.05, 0) is 23.8 Å². The highest BCUT2D eigenvalue weighted by Crippen LogP contribution is 2.36. The fraction of sp³-hybridized carbons (Fsp3) is 0.600. The Labute approximate surface area is 81.2 Å². The zero-order chi connectivity index (χ0) is 9.26. The molecule has 0 amide bonds. The summed E-state index contributed by atoms with van der Waals surface area (Å²) in [4.78, 5) is 0.506. The zero-order valence-corrected chi connectivity index (χ0v) is 8.19. The van der Waals surface area contributed by atoms with Crippen LogP contribution in [-0.2, 0) is 0 Å². The van der Waals surface area contributed by atoms with Crippen molar-refractivity contribution >= 4 is 11.3 Å². The van der Waals surface area contributed by atoms with Gasteiger partial charge in [-0.15, -0.1) is 11.3 Å². The Balaban J connectivity index is 1.96. The molecule has 1 aliphatic carbocycles. The zero-order valence-electron chi connectivity index (χ0n) is 7.37. The maximum atomic E-state index is 13.0. The van der Waals surface area contributed by atoms with Crippen molar-refractivity contribution < 1.29 is 9.50 Å². The first kappa shape index (κ1) is 9.16. The molecule has 1 unspecified atom stereocenters. The average Bonchev–Trinajstić information content (AvgIpc) is 2.43. The van der Waals surface area contributed by atoms with E-state index in [0.717, 1.165) is 6.42 Å². The molecule has 1 aromatic heterocycles. The summed E-state index contributed by atoms with van der Waals surface area (Å²) in [6, 6.07) is 1.42. The van der Waals surface area contributed by atoms with Gasteiger partial charge in [-0.3, -0.25) is 0 Å². The van der Waals surface area contributed by atoms with Gasteiger partial charge in [-0.25, -0.2) is 4.39 Å². The molecule has 0 saturated heterocycles. The van der Waals surface area contributed by atoms with Crippen LogP contribution in [0.15, 0.2) is 11.4 Å². The Morgan fingerprint density at radius 2 is 2.38 bits per heavy atom. The van der Waals surface area contributed by atoms with E-state index in [0.29, 0.717) is 10.8 Å². The molecule has 1 heterocycles. The molecule has 0 bridgehead atoms. The number of hydrogen-bond acceptors (Lipinski definition) is 2. The molecule has 0 aromatic carbocycles. The molecule has 0 spiro atoms. The van der Waals surface area contributed by atoms with Crippen LogP contribution in [0.5, 0.6) is 0 Å². The van der Waals surface area contributed by atoms with E-state index in [1.54, 1.807) is 5.38 Å². The molecule has 3 heteroatoms. The minimum Gasteiger partial charge on any atom is -0.387 e. The van der Waals surface area contributed by atoms with E-state index in [4.69, 9.17) is 0 Å². The standard InChI is InChI=1S/C10H13FOS/c11-8-4-5-13-10(8)9(12)6-7-2-1-3-7/h4-5,7,9,12H,1-3,6H2. The van der Waals surface area contributed by atoms with Crippen LogP contribution >= 0.6 is 11.3 Å². The van der Waals surface area contributed by atoms with E-state index >= 15 is 0 Å². The molecule has 13 heavy (non-hydrogen) atoms. The van der Waals surface area contributed by atoms with Crippen LogP contribution in [0, 0.1) is 11.7 Å². The summed E-state index contributed by atoms with van der Waals surface area (Å²) in [6.45, 7) is 0. The maximum absolute atomic E-state index is 13.0. The SMILES string of the molecule is OC(CC1CCC1)c1sccc1F. The number of rotatable bonds is 3. The second kappa shape index (κ2) is 3.76. The van der Waals surface area contributed by atoms with E-state index in [9.17, 15) is 9.50 Å². The smallest absolute Gasteiger partial charge is 0.139 e. The summed E-state index contributed by atoms with van der Waals surface area (Å²) >= 11 is 1.31. The van der Waals surface area contributed by atoms with Crippen molar-refractivity contribution in [1.82, 2.24) is 0 Å². The molecule has 1 fully saturated rings. The largest absolute Gasteiger partial charge is 0.387 e. The van der Waals surface area contributed by atoms with Gasteiger partial charge in [0.15, 0.2) is 0 Å². The van der Waals surface area contributed by atoms with Gasteiger partial charge in [-0.2, -0.15) is 0 Å². The molecule has 1 nitrogen and oxygen atoms in total. The van der Waals surface area contributed by atoms with Gasteiger partial charge in [0.05, 0.1) is 11.0 Å². The third kappa shape index (κ3) is 1.92. The van der Waals surface area contributed by atoms with E-state index in [1.165, 1.54) is 36.7 Å². The molecule has 1 aromatic rings. The maximum Gasteiger partial charge on any atom is 0.139 e. The van der Waals surface area contributed by atoms with Crippen molar-refractivity contribution in [3.8, 4) is 0 Å². The van der Waals surface area contributed by atoms with Gasteiger partial charge in [-0.1, -0.05) is 19.3 Å². The summed E-state index contributed by atoms with van der Waals surface area (Å²) in [7, 11) is 0. The number of aliphatic hydroxyl groups is 1. The lowest BCUT2D eigenvalue weighted by Gasteiger charge is -2.27. The summed E-state index contributed by atoms with van der Waals surface area (Å²) in [5.74, 6) is 0.369. The number of hydrogen-bond donors (Lipinski definition) is 1. The predicted molar refractivity (Wildman–Crippen MR) is 51.2 cm³/mol. The van der Waals surface area contributed by atoms with E-state index < -0.39 is 6.10 Å². The Bertz CT molecular complexity index is 280. The summed E-state index contributed by atoms with van der Waals surface area (Å²) in [6.07, 6.45) is 3.82. The lowest BCUT2D eigenvalue weighted by molar-refractivity contribution is 0.118. The summed E-state index contributed by atoms with van der Waals surface area (Å²) in [5.41, 5.74) is 0. The van der Waals surface area contributed by atoms with Gasteiger partial charge in [0.25, 0.3) is 0 Å². The van der Waals surface area contributed by atoms with Crippen molar-refractivity contribution in [2.45, 2.75) is 31.8 Å². The van der Waals surface area contributed by atoms with Crippen molar-refractivity contribution in [3.05, 3.63) is 22.1 Å². The van der Waals surface area contributed by atoms with E-state index in [-0.39, 0.29) is 5.82 Å². The Hall–Kier alpha value is -0.410. The Morgan fingerprint density at radius 3 is 2.85 bits per heavy atom. The molecule has 72 valence electrons. The monoisotopic (exact) mass is 200 g/mol. The van der Waals surface area contributed by atoms with Gasteiger partial charge in [0.1, 0.15) is 5.82 Å². The molecule has 1 aliphatic rings. The van der Waals surface area contributed by atoms with Gasteiger partial charge in [0, 0.05) is 0 Å². The summed E-state index contributed by atoms with van der Waals surface area (Å²) < 4.78 is 13.0. The van der Waals surface area contributed by atoms with Crippen LogP contribution in [0.4, 0.5) is 4.39 Å². The third-order valence-corrected chi connectivity index (χ3v) is 3.72. The molecule has 0 radical (unpaired) electrons. The highest BCUT2D eigenvalue weighted by molar-refractivity contribution is 7.10.